The molecule has 29 heavy (non-hydrogen) atoms. The summed E-state index contributed by atoms with van der Waals surface area (Å²) >= 11 is 0. The van der Waals surface area contributed by atoms with E-state index in [4.69, 9.17) is 4.74 Å². The zero-order chi connectivity index (χ0) is 19.8. The van der Waals surface area contributed by atoms with Gasteiger partial charge in [0.2, 0.25) is 5.82 Å². The van der Waals surface area contributed by atoms with Gasteiger partial charge < -0.3 is 9.64 Å². The van der Waals surface area contributed by atoms with Crippen molar-refractivity contribution in [1.29, 1.82) is 0 Å². The molecule has 0 unspecified atom stereocenters. The van der Waals surface area contributed by atoms with Crippen LogP contribution in [0.15, 0.2) is 73.1 Å². The molecule has 1 aromatic heterocycles. The molecule has 0 amide bonds. The van der Waals surface area contributed by atoms with E-state index in [1.165, 1.54) is 6.33 Å². The molecule has 4 aromatic rings. The maximum absolute atomic E-state index is 12.0. The maximum atomic E-state index is 12.0. The van der Waals surface area contributed by atoms with Crippen molar-refractivity contribution >= 4 is 28.0 Å². The quantitative estimate of drug-likeness (QED) is 0.363. The number of anilines is 2. The number of para-hydroxylation sites is 1. The van der Waals surface area contributed by atoms with Crippen molar-refractivity contribution in [2.45, 2.75) is 6.42 Å². The van der Waals surface area contributed by atoms with Crippen molar-refractivity contribution < 1.29 is 9.66 Å². The van der Waals surface area contributed by atoms with Crippen LogP contribution in [0.3, 0.4) is 0 Å². The number of benzene rings is 3. The first-order valence-electron chi connectivity index (χ1n) is 9.23. The first-order chi connectivity index (χ1) is 14.2. The van der Waals surface area contributed by atoms with Gasteiger partial charge in [0.05, 0.1) is 4.92 Å². The minimum atomic E-state index is -0.475. The summed E-state index contributed by atoms with van der Waals surface area (Å²) in [7, 11) is 0. The second-order valence-corrected chi connectivity index (χ2v) is 6.72. The first-order valence-corrected chi connectivity index (χ1v) is 9.23. The maximum Gasteiger partial charge on any atom is 0.373 e. The molecule has 1 aliphatic rings. The molecule has 0 N–H and O–H groups in total. The summed E-state index contributed by atoms with van der Waals surface area (Å²) in [5, 5.41) is 13.8. The van der Waals surface area contributed by atoms with Crippen LogP contribution in [0.1, 0.15) is 5.56 Å². The topological polar surface area (TPSA) is 81.4 Å². The Balaban J connectivity index is 1.62. The first kappa shape index (κ1) is 17.1. The summed E-state index contributed by atoms with van der Waals surface area (Å²) < 4.78 is 5.95. The van der Waals surface area contributed by atoms with E-state index in [1.54, 1.807) is 6.07 Å². The summed E-state index contributed by atoms with van der Waals surface area (Å²) in [6.07, 6.45) is 2.11. The largest absolute Gasteiger partial charge is 0.433 e. The summed E-state index contributed by atoms with van der Waals surface area (Å²) in [5.41, 5.74) is 1.82. The smallest absolute Gasteiger partial charge is 0.373 e. The second kappa shape index (κ2) is 6.87. The van der Waals surface area contributed by atoms with Crippen LogP contribution in [0.5, 0.6) is 11.6 Å². The molecule has 7 nitrogen and oxygen atoms in total. The Bertz CT molecular complexity index is 1240. The zero-order valence-corrected chi connectivity index (χ0v) is 15.4. The summed E-state index contributed by atoms with van der Waals surface area (Å²) in [5.74, 6) is 0.684. The van der Waals surface area contributed by atoms with Crippen LogP contribution in [0.2, 0.25) is 0 Å². The molecule has 0 atom stereocenters. The van der Waals surface area contributed by atoms with E-state index in [0.29, 0.717) is 12.3 Å². The van der Waals surface area contributed by atoms with Crippen LogP contribution in [-0.4, -0.2) is 21.4 Å². The minimum Gasteiger partial charge on any atom is -0.433 e. The molecule has 3 aromatic carbocycles. The van der Waals surface area contributed by atoms with Gasteiger partial charge in [0, 0.05) is 17.6 Å². The summed E-state index contributed by atoms with van der Waals surface area (Å²) in [4.78, 5) is 21.7. The van der Waals surface area contributed by atoms with Gasteiger partial charge in [0.15, 0.2) is 0 Å². The van der Waals surface area contributed by atoms with E-state index in [1.807, 2.05) is 65.6 Å². The lowest BCUT2D eigenvalue weighted by Crippen LogP contribution is -2.17. The number of nitrogens with zero attached hydrogens (tertiary/aromatic N) is 4. The number of hydrogen-bond donors (Lipinski definition) is 0. The Morgan fingerprint density at radius 3 is 2.66 bits per heavy atom. The molecule has 142 valence electrons. The van der Waals surface area contributed by atoms with Crippen molar-refractivity contribution in [1.82, 2.24) is 9.97 Å². The number of fused-ring (bicyclic) bond motifs is 2. The molecule has 2 heterocycles. The zero-order valence-electron chi connectivity index (χ0n) is 15.4. The van der Waals surface area contributed by atoms with E-state index in [2.05, 4.69) is 9.97 Å². The van der Waals surface area contributed by atoms with Crippen LogP contribution >= 0.6 is 0 Å². The lowest BCUT2D eigenvalue weighted by molar-refractivity contribution is -0.385. The highest BCUT2D eigenvalue weighted by Crippen LogP contribution is 2.42. The molecule has 0 fully saturated rings. The van der Waals surface area contributed by atoms with Crippen molar-refractivity contribution in [3.05, 3.63) is 88.7 Å². The Hall–Kier alpha value is -4.00. The molecule has 0 radical (unpaired) electrons. The molecule has 0 saturated carbocycles. The molecule has 1 aliphatic heterocycles. The van der Waals surface area contributed by atoms with Crippen LogP contribution < -0.4 is 9.64 Å². The minimum absolute atomic E-state index is 0.0688. The number of aromatic nitrogens is 2. The normalized spacial score (nSPS) is 12.8. The van der Waals surface area contributed by atoms with Crippen LogP contribution in [0, 0.1) is 10.1 Å². The van der Waals surface area contributed by atoms with Gasteiger partial charge in [0.25, 0.3) is 0 Å². The molecule has 0 spiro atoms. The van der Waals surface area contributed by atoms with Gasteiger partial charge in [-0.3, -0.25) is 10.1 Å². The molecule has 0 bridgehead atoms. The Morgan fingerprint density at radius 1 is 0.966 bits per heavy atom. The number of ether oxygens (including phenoxy) is 1. The average molecular weight is 384 g/mol. The van der Waals surface area contributed by atoms with E-state index in [-0.39, 0.29) is 17.4 Å². The number of hydrogen-bond acceptors (Lipinski definition) is 6. The van der Waals surface area contributed by atoms with E-state index in [9.17, 15) is 10.1 Å². The van der Waals surface area contributed by atoms with Gasteiger partial charge >= 0.3 is 11.6 Å². The van der Waals surface area contributed by atoms with Crippen molar-refractivity contribution in [3.63, 3.8) is 0 Å². The fourth-order valence-electron chi connectivity index (χ4n) is 3.73. The molecular weight excluding hydrogens is 368 g/mol. The highest BCUT2D eigenvalue weighted by atomic mass is 16.6. The standard InChI is InChI=1S/C22H16N4O3/c27-26(28)20-21(25-13-12-16-7-2-4-10-18(16)25)23-14-24-22(20)29-19-11-5-8-15-6-1-3-9-17(15)19/h1-11,14H,12-13H2. The highest BCUT2D eigenvalue weighted by Gasteiger charge is 2.32. The van der Waals surface area contributed by atoms with Gasteiger partial charge in [-0.25, -0.2) is 4.98 Å². The van der Waals surface area contributed by atoms with Crippen LogP contribution in [0.25, 0.3) is 10.8 Å². The SMILES string of the molecule is O=[N+]([O-])c1c(Oc2cccc3ccccc23)ncnc1N1CCc2ccccc21. The summed E-state index contributed by atoms with van der Waals surface area (Å²) in [6.45, 7) is 0.616. The predicted molar refractivity (Wildman–Crippen MR) is 110 cm³/mol. The molecule has 7 heteroatoms. The lowest BCUT2D eigenvalue weighted by Gasteiger charge is -2.18. The average Bonchev–Trinajstić information content (AvgIpc) is 3.18. The Labute approximate surface area is 166 Å². The third-order valence-electron chi connectivity index (χ3n) is 5.05. The van der Waals surface area contributed by atoms with Gasteiger partial charge in [0.1, 0.15) is 12.1 Å². The van der Waals surface area contributed by atoms with Crippen LogP contribution in [0.4, 0.5) is 17.2 Å². The van der Waals surface area contributed by atoms with E-state index >= 15 is 0 Å². The van der Waals surface area contributed by atoms with Gasteiger partial charge in [-0.2, -0.15) is 4.98 Å². The predicted octanol–water partition coefficient (Wildman–Crippen LogP) is 5.02. The monoisotopic (exact) mass is 384 g/mol. The van der Waals surface area contributed by atoms with E-state index in [0.717, 1.165) is 28.4 Å². The van der Waals surface area contributed by atoms with Crippen molar-refractivity contribution in [2.75, 3.05) is 11.4 Å². The number of nitro groups is 1. The lowest BCUT2D eigenvalue weighted by atomic mass is 10.1. The fraction of sp³-hybridized carbons (Fsp3) is 0.0909. The van der Waals surface area contributed by atoms with Crippen molar-refractivity contribution in [2.24, 2.45) is 0 Å². The van der Waals surface area contributed by atoms with E-state index < -0.39 is 4.92 Å². The van der Waals surface area contributed by atoms with Gasteiger partial charge in [-0.1, -0.05) is 54.6 Å². The van der Waals surface area contributed by atoms with Crippen LogP contribution in [-0.2, 0) is 6.42 Å². The molecular formula is C22H16N4O3. The second-order valence-electron chi connectivity index (χ2n) is 6.72. The summed E-state index contributed by atoms with van der Waals surface area (Å²) in [6, 6.07) is 21.1. The molecule has 0 aliphatic carbocycles. The number of rotatable bonds is 4. The third kappa shape index (κ3) is 2.93. The molecule has 0 saturated heterocycles. The highest BCUT2D eigenvalue weighted by molar-refractivity contribution is 5.88. The fourth-order valence-corrected chi connectivity index (χ4v) is 3.73. The third-order valence-corrected chi connectivity index (χ3v) is 5.05. The van der Waals surface area contributed by atoms with Gasteiger partial charge in [-0.15, -0.1) is 0 Å². The van der Waals surface area contributed by atoms with Crippen molar-refractivity contribution in [3.8, 4) is 11.6 Å². The Morgan fingerprint density at radius 2 is 1.76 bits per heavy atom. The molecule has 5 rings (SSSR count). The Kier molecular flexibility index (Phi) is 4.05. The van der Waals surface area contributed by atoms with Gasteiger partial charge in [-0.05, 0) is 29.5 Å².